The maximum absolute atomic E-state index is 11.3. The van der Waals surface area contributed by atoms with E-state index in [0.717, 1.165) is 44.9 Å². The van der Waals surface area contributed by atoms with Crippen LogP contribution in [0.2, 0.25) is 0 Å². The molecule has 0 aliphatic rings. The van der Waals surface area contributed by atoms with Gasteiger partial charge in [-0.15, -0.1) is 0 Å². The van der Waals surface area contributed by atoms with Crippen LogP contribution in [0.3, 0.4) is 0 Å². The summed E-state index contributed by atoms with van der Waals surface area (Å²) in [5.74, 6) is -1.14. The van der Waals surface area contributed by atoms with Crippen LogP contribution in [0.15, 0.2) is 24.8 Å². The summed E-state index contributed by atoms with van der Waals surface area (Å²) in [5.41, 5.74) is -1.19. The molecule has 0 saturated heterocycles. The van der Waals surface area contributed by atoms with E-state index < -0.39 is 11.6 Å². The third-order valence-corrected chi connectivity index (χ3v) is 5.06. The van der Waals surface area contributed by atoms with Gasteiger partial charge in [0.15, 0.2) is 0 Å². The molecule has 0 rings (SSSR count). The number of aliphatic carboxylic acids is 1. The molecule has 0 aromatic heterocycles. The van der Waals surface area contributed by atoms with Gasteiger partial charge in [-0.2, -0.15) is 0 Å². The third kappa shape index (κ3) is 13.7. The molecule has 4 nitrogen and oxygen atoms in total. The monoisotopic (exact) mass is 381 g/mol. The number of rotatable bonds is 17. The van der Waals surface area contributed by atoms with Crippen LogP contribution in [-0.2, 0) is 4.79 Å². The normalized spacial score (nSPS) is 15.6. The standard InChI is InChI=1S/C23H43NO3/c1-6-8-10-11-12-13-14-15-16-18-21(17-9-7-2)23(27,19-22(25)26)20-24(3,4)5/h6,8,10,21,27H,1,7,9,11-20H2,2-5H3. The van der Waals surface area contributed by atoms with Gasteiger partial charge < -0.3 is 19.5 Å². The highest BCUT2D eigenvalue weighted by atomic mass is 16.4. The highest BCUT2D eigenvalue weighted by Gasteiger charge is 2.40. The number of carbonyl (C=O) groups is 1. The number of unbranched alkanes of at least 4 members (excludes halogenated alkanes) is 6. The van der Waals surface area contributed by atoms with Crippen LogP contribution in [0.25, 0.3) is 0 Å². The summed E-state index contributed by atoms with van der Waals surface area (Å²) in [4.78, 5) is 11.3. The zero-order valence-corrected chi connectivity index (χ0v) is 18.2. The van der Waals surface area contributed by atoms with Gasteiger partial charge in [0.1, 0.15) is 12.1 Å². The van der Waals surface area contributed by atoms with E-state index in [1.54, 1.807) is 6.08 Å². The first-order valence-electron chi connectivity index (χ1n) is 10.6. The van der Waals surface area contributed by atoms with Crippen molar-refractivity contribution >= 4 is 5.97 Å². The van der Waals surface area contributed by atoms with Crippen molar-refractivity contribution in [2.75, 3.05) is 27.7 Å². The van der Waals surface area contributed by atoms with Crippen molar-refractivity contribution in [3.8, 4) is 0 Å². The van der Waals surface area contributed by atoms with Crippen molar-refractivity contribution in [3.05, 3.63) is 24.8 Å². The Kier molecular flexibility index (Phi) is 13.4. The molecule has 4 heteroatoms. The molecule has 0 saturated carbocycles. The second kappa shape index (κ2) is 14.0. The number of carboxylic acid groups (broad SMARTS) is 1. The molecule has 1 N–H and O–H groups in total. The Bertz CT molecular complexity index is 439. The van der Waals surface area contributed by atoms with E-state index in [1.165, 1.54) is 19.3 Å². The van der Waals surface area contributed by atoms with Gasteiger partial charge in [-0.3, -0.25) is 0 Å². The van der Waals surface area contributed by atoms with Gasteiger partial charge in [-0.05, 0) is 31.6 Å². The summed E-state index contributed by atoms with van der Waals surface area (Å²) >= 11 is 0. The van der Waals surface area contributed by atoms with Crippen LogP contribution in [0, 0.1) is 5.92 Å². The molecule has 0 spiro atoms. The van der Waals surface area contributed by atoms with Crippen molar-refractivity contribution in [1.29, 1.82) is 0 Å². The van der Waals surface area contributed by atoms with Crippen LogP contribution < -0.4 is 5.11 Å². The maximum Gasteiger partial charge on any atom is 0.121 e. The Morgan fingerprint density at radius 3 is 2.26 bits per heavy atom. The molecule has 0 aliphatic carbocycles. The van der Waals surface area contributed by atoms with E-state index in [9.17, 15) is 15.0 Å². The molecule has 0 fully saturated rings. The lowest BCUT2D eigenvalue weighted by atomic mass is 9.77. The van der Waals surface area contributed by atoms with Crippen molar-refractivity contribution < 1.29 is 19.5 Å². The highest BCUT2D eigenvalue weighted by molar-refractivity contribution is 5.65. The summed E-state index contributed by atoms with van der Waals surface area (Å²) in [7, 11) is 5.99. The van der Waals surface area contributed by atoms with Gasteiger partial charge in [-0.25, -0.2) is 0 Å². The van der Waals surface area contributed by atoms with Gasteiger partial charge in [0.05, 0.1) is 21.1 Å². The van der Waals surface area contributed by atoms with Crippen molar-refractivity contribution in [1.82, 2.24) is 0 Å². The molecular formula is C23H43NO3. The fourth-order valence-corrected chi connectivity index (χ4v) is 3.91. The van der Waals surface area contributed by atoms with E-state index in [0.29, 0.717) is 11.0 Å². The number of hydrogen-bond donors (Lipinski definition) is 1. The summed E-state index contributed by atoms with van der Waals surface area (Å²) in [6.45, 7) is 6.24. The first kappa shape index (κ1) is 25.9. The van der Waals surface area contributed by atoms with Crippen LogP contribution >= 0.6 is 0 Å². The van der Waals surface area contributed by atoms with Crippen molar-refractivity contribution in [2.24, 2.45) is 5.92 Å². The molecule has 0 bridgehead atoms. The number of hydrogen-bond acceptors (Lipinski definition) is 3. The number of nitrogens with zero attached hydrogens (tertiary/aromatic N) is 1. The van der Waals surface area contributed by atoms with Gasteiger partial charge in [0, 0.05) is 12.4 Å². The summed E-state index contributed by atoms with van der Waals surface area (Å²) in [5, 5.41) is 22.6. The van der Waals surface area contributed by atoms with Gasteiger partial charge in [-0.1, -0.05) is 70.3 Å². The average molecular weight is 382 g/mol. The first-order valence-corrected chi connectivity index (χ1v) is 10.6. The minimum absolute atomic E-state index is 0.0169. The second-order valence-electron chi connectivity index (χ2n) is 8.95. The number of allylic oxidation sites excluding steroid dienone is 3. The molecule has 27 heavy (non-hydrogen) atoms. The predicted octanol–water partition coefficient (Wildman–Crippen LogP) is 3.84. The molecule has 0 heterocycles. The molecule has 0 amide bonds. The fraction of sp³-hybridized carbons (Fsp3) is 0.783. The van der Waals surface area contributed by atoms with Crippen LogP contribution in [0.4, 0.5) is 0 Å². The highest BCUT2D eigenvalue weighted by Crippen LogP contribution is 2.33. The second-order valence-corrected chi connectivity index (χ2v) is 8.95. The van der Waals surface area contributed by atoms with Crippen LogP contribution in [0.5, 0.6) is 0 Å². The molecule has 0 radical (unpaired) electrons. The Balaban J connectivity index is 4.64. The van der Waals surface area contributed by atoms with E-state index in [1.807, 2.05) is 27.2 Å². The largest absolute Gasteiger partial charge is 0.550 e. The number of carboxylic acids is 1. The number of carbonyl (C=O) groups excluding carboxylic acids is 1. The summed E-state index contributed by atoms with van der Waals surface area (Å²) in [6, 6.07) is 0. The Labute approximate surface area is 167 Å². The van der Waals surface area contributed by atoms with E-state index in [-0.39, 0.29) is 12.3 Å². The Morgan fingerprint density at radius 1 is 1.11 bits per heavy atom. The van der Waals surface area contributed by atoms with Gasteiger partial charge in [0.2, 0.25) is 0 Å². The summed E-state index contributed by atoms with van der Waals surface area (Å²) in [6.07, 6.45) is 16.4. The molecule has 0 aromatic rings. The van der Waals surface area contributed by atoms with Gasteiger partial charge >= 0.3 is 0 Å². The van der Waals surface area contributed by atoms with Crippen LogP contribution in [0.1, 0.15) is 77.6 Å². The van der Waals surface area contributed by atoms with E-state index in [2.05, 4.69) is 19.6 Å². The molecular weight excluding hydrogens is 338 g/mol. The lowest BCUT2D eigenvalue weighted by Crippen LogP contribution is -2.55. The quantitative estimate of drug-likeness (QED) is 0.236. The van der Waals surface area contributed by atoms with Gasteiger partial charge in [0.25, 0.3) is 0 Å². The van der Waals surface area contributed by atoms with Crippen LogP contribution in [-0.4, -0.2) is 48.8 Å². The minimum Gasteiger partial charge on any atom is -0.550 e. The predicted molar refractivity (Wildman–Crippen MR) is 112 cm³/mol. The number of aliphatic hydroxyl groups is 1. The Hall–Kier alpha value is -1.13. The zero-order valence-electron chi connectivity index (χ0n) is 18.2. The molecule has 0 aliphatic heterocycles. The third-order valence-electron chi connectivity index (χ3n) is 5.06. The lowest BCUT2D eigenvalue weighted by Gasteiger charge is -2.41. The number of quaternary nitrogens is 1. The lowest BCUT2D eigenvalue weighted by molar-refractivity contribution is -0.877. The van der Waals surface area contributed by atoms with E-state index in [4.69, 9.17) is 0 Å². The average Bonchev–Trinajstić information content (AvgIpc) is 2.53. The molecule has 2 unspecified atom stereocenters. The SMILES string of the molecule is C=CC=CCCCCCCCC(CCCC)C(O)(CC(=O)[O-])C[N+](C)(C)C. The molecule has 2 atom stereocenters. The zero-order chi connectivity index (χ0) is 20.8. The smallest absolute Gasteiger partial charge is 0.121 e. The molecule has 158 valence electrons. The first-order chi connectivity index (χ1) is 12.6. The number of likely N-dealkylation sites (N-methyl/N-ethyl adjacent to an activating group) is 1. The maximum atomic E-state index is 11.3. The summed E-state index contributed by atoms with van der Waals surface area (Å²) < 4.78 is 0.546. The minimum atomic E-state index is -1.19. The van der Waals surface area contributed by atoms with Crippen molar-refractivity contribution in [3.63, 3.8) is 0 Å². The topological polar surface area (TPSA) is 60.4 Å². The van der Waals surface area contributed by atoms with Crippen molar-refractivity contribution in [2.45, 2.75) is 83.2 Å². The Morgan fingerprint density at radius 2 is 1.70 bits per heavy atom. The molecule has 0 aromatic carbocycles. The fourth-order valence-electron chi connectivity index (χ4n) is 3.91. The van der Waals surface area contributed by atoms with E-state index >= 15 is 0 Å².